The molecule has 11 nitrogen and oxygen atoms in total. The third-order valence-corrected chi connectivity index (χ3v) is 12.8. The van der Waals surface area contributed by atoms with Crippen molar-refractivity contribution in [1.82, 2.24) is 25.0 Å². The number of benzene rings is 3. The van der Waals surface area contributed by atoms with E-state index in [1.807, 2.05) is 23.1 Å². The zero-order valence-electron chi connectivity index (χ0n) is 33.8. The van der Waals surface area contributed by atoms with Crippen molar-refractivity contribution in [2.75, 3.05) is 70.9 Å². The number of likely N-dealkylation sites (tertiary alicyclic amines) is 2. The fraction of sp³-hybridized carbons (Fsp3) is 0.478. The van der Waals surface area contributed by atoms with Crippen LogP contribution in [-0.4, -0.2) is 109 Å². The monoisotopic (exact) mass is 790 g/mol. The van der Waals surface area contributed by atoms with Crippen LogP contribution in [0, 0.1) is 5.82 Å². The highest BCUT2D eigenvalue weighted by Crippen LogP contribution is 2.42. The molecule has 0 saturated carbocycles. The van der Waals surface area contributed by atoms with E-state index in [-0.39, 0.29) is 41.3 Å². The Morgan fingerprint density at radius 3 is 2.33 bits per heavy atom. The van der Waals surface area contributed by atoms with Gasteiger partial charge in [-0.15, -0.1) is 0 Å². The molecule has 4 fully saturated rings. The van der Waals surface area contributed by atoms with E-state index < -0.39 is 0 Å². The minimum Gasteiger partial charge on any atom is -0.496 e. The molecule has 4 aliphatic rings. The van der Waals surface area contributed by atoms with E-state index in [1.54, 1.807) is 25.0 Å². The van der Waals surface area contributed by atoms with Crippen LogP contribution in [0.3, 0.4) is 0 Å². The van der Waals surface area contributed by atoms with Crippen LogP contribution in [0.15, 0.2) is 54.6 Å². The van der Waals surface area contributed by atoms with Gasteiger partial charge in [-0.2, -0.15) is 0 Å². The summed E-state index contributed by atoms with van der Waals surface area (Å²) in [4.78, 5) is 61.6. The number of methoxy groups -OCH3 is 1. The second-order valence-corrected chi connectivity index (χ2v) is 16.5. The summed E-state index contributed by atoms with van der Waals surface area (Å²) in [6, 6.07) is 18.2. The Hall–Kier alpha value is -5.23. The van der Waals surface area contributed by atoms with Crippen molar-refractivity contribution in [2.45, 2.75) is 76.5 Å². The predicted molar refractivity (Wildman–Crippen MR) is 223 cm³/mol. The lowest BCUT2D eigenvalue weighted by atomic mass is 9.86. The van der Waals surface area contributed by atoms with Crippen LogP contribution in [0.2, 0.25) is 0 Å². The molecule has 58 heavy (non-hydrogen) atoms. The van der Waals surface area contributed by atoms with E-state index in [4.69, 9.17) is 4.74 Å². The summed E-state index contributed by atoms with van der Waals surface area (Å²) < 4.78 is 22.7. The second kappa shape index (κ2) is 17.3. The Labute approximate surface area is 339 Å². The van der Waals surface area contributed by atoms with Crippen LogP contribution in [0.4, 0.5) is 10.1 Å². The van der Waals surface area contributed by atoms with E-state index in [9.17, 15) is 19.2 Å². The van der Waals surface area contributed by atoms with Gasteiger partial charge >= 0.3 is 0 Å². The summed E-state index contributed by atoms with van der Waals surface area (Å²) in [6.07, 6.45) is 7.54. The van der Waals surface area contributed by atoms with Gasteiger partial charge in [0, 0.05) is 94.3 Å². The zero-order chi connectivity index (χ0) is 40.3. The average molecular weight is 791 g/mol. The van der Waals surface area contributed by atoms with Crippen LogP contribution in [0.25, 0.3) is 22.0 Å². The number of anilines is 1. The number of nitrogens with zero attached hydrogens (tertiary/aromatic N) is 4. The summed E-state index contributed by atoms with van der Waals surface area (Å²) in [7, 11) is 1.67. The topological polar surface area (TPSA) is 118 Å². The van der Waals surface area contributed by atoms with Gasteiger partial charge in [0.1, 0.15) is 11.4 Å². The van der Waals surface area contributed by atoms with Gasteiger partial charge in [-0.3, -0.25) is 29.4 Å². The molecule has 4 aromatic rings. The third-order valence-electron chi connectivity index (χ3n) is 12.8. The number of aromatic amines is 1. The first-order chi connectivity index (χ1) is 28.2. The van der Waals surface area contributed by atoms with Crippen LogP contribution in [-0.2, 0) is 20.8 Å². The molecule has 2 atom stereocenters. The molecule has 0 spiro atoms. The minimum atomic E-state index is -0.358. The van der Waals surface area contributed by atoms with Gasteiger partial charge < -0.3 is 24.4 Å². The molecular weight excluding hydrogens is 736 g/mol. The van der Waals surface area contributed by atoms with Gasteiger partial charge in [-0.25, -0.2) is 4.39 Å². The third kappa shape index (κ3) is 8.34. The van der Waals surface area contributed by atoms with E-state index in [0.717, 1.165) is 100 Å². The van der Waals surface area contributed by atoms with Crippen LogP contribution in [0.5, 0.6) is 5.75 Å². The summed E-state index contributed by atoms with van der Waals surface area (Å²) in [5.41, 5.74) is 6.17. The Morgan fingerprint density at radius 1 is 0.845 bits per heavy atom. The van der Waals surface area contributed by atoms with E-state index in [1.165, 1.54) is 5.56 Å². The number of piperidine rings is 3. The lowest BCUT2D eigenvalue weighted by molar-refractivity contribution is -0.134. The number of carbonyl (C=O) groups excluding carboxylic acids is 4. The molecule has 4 amide bonds. The van der Waals surface area contributed by atoms with E-state index in [2.05, 4.69) is 50.4 Å². The van der Waals surface area contributed by atoms with Crippen LogP contribution in [0.1, 0.15) is 97.3 Å². The van der Waals surface area contributed by atoms with Crippen LogP contribution >= 0.6 is 0 Å². The predicted octanol–water partition coefficient (Wildman–Crippen LogP) is 6.61. The van der Waals surface area contributed by atoms with Crippen molar-refractivity contribution in [1.29, 1.82) is 0 Å². The number of aromatic nitrogens is 1. The van der Waals surface area contributed by atoms with E-state index in [0.29, 0.717) is 66.9 Å². The number of rotatable bonds is 10. The van der Waals surface area contributed by atoms with E-state index >= 15 is 4.39 Å². The Morgan fingerprint density at radius 2 is 1.60 bits per heavy atom. The quantitative estimate of drug-likeness (QED) is 0.174. The van der Waals surface area contributed by atoms with Gasteiger partial charge in [0.2, 0.25) is 17.7 Å². The molecule has 0 aliphatic carbocycles. The average Bonchev–Trinajstić information content (AvgIpc) is 3.71. The Bertz CT molecular complexity index is 2170. The van der Waals surface area contributed by atoms with Gasteiger partial charge in [0.25, 0.3) is 5.91 Å². The zero-order valence-corrected chi connectivity index (χ0v) is 33.8. The standard InChI is InChI=1S/C46H55FN6O5/c1-30(54)53-21-7-9-33(29-53)37-27-38(39-28-40(48-44(39)43(37)47)46(57)52-19-4-3-5-20-52)36-15-14-34(26-41(36)58-2)51-24-22-50(23-25-51)18-6-8-31-10-12-32(13-11-31)35-16-17-42(55)49-45(35)56/h10-15,26-28,33,35,48H,3-9,16-25,29H2,1-2H3,(H,49,55,56). The van der Waals surface area contributed by atoms with Gasteiger partial charge in [0.15, 0.2) is 5.82 Å². The lowest BCUT2D eigenvalue weighted by Crippen LogP contribution is -2.46. The van der Waals surface area contributed by atoms with Gasteiger partial charge in [-0.1, -0.05) is 24.3 Å². The van der Waals surface area contributed by atoms with Crippen molar-refractivity contribution >= 4 is 40.2 Å². The molecule has 2 N–H and O–H groups in total. The minimum absolute atomic E-state index is 0.00515. The number of piperazine rings is 1. The Kier molecular flexibility index (Phi) is 11.8. The molecule has 0 bridgehead atoms. The van der Waals surface area contributed by atoms with Crippen molar-refractivity contribution in [2.24, 2.45) is 0 Å². The number of nitrogens with one attached hydrogen (secondary N) is 2. The number of ether oxygens (including phenoxy) is 1. The normalized spacial score (nSPS) is 20.7. The number of carbonyl (C=O) groups is 4. The first-order valence-corrected chi connectivity index (χ1v) is 21.1. The molecule has 3 aromatic carbocycles. The molecule has 2 unspecified atom stereocenters. The molecule has 4 aliphatic heterocycles. The van der Waals surface area contributed by atoms with Crippen molar-refractivity contribution in [3.05, 3.63) is 82.8 Å². The summed E-state index contributed by atoms with van der Waals surface area (Å²) in [5, 5.41) is 3.10. The molecule has 1 aromatic heterocycles. The lowest BCUT2D eigenvalue weighted by Gasteiger charge is -2.36. The molecule has 8 rings (SSSR count). The first kappa shape index (κ1) is 39.6. The highest BCUT2D eigenvalue weighted by Gasteiger charge is 2.31. The molecule has 0 radical (unpaired) electrons. The number of amides is 4. The largest absolute Gasteiger partial charge is 0.496 e. The number of aryl methyl sites for hydroxylation is 1. The number of H-pyrrole nitrogens is 1. The van der Waals surface area contributed by atoms with Crippen molar-refractivity contribution < 1.29 is 28.3 Å². The maximum atomic E-state index is 16.7. The molecule has 5 heterocycles. The molecular formula is C46H55FN6O5. The maximum absolute atomic E-state index is 16.7. The highest BCUT2D eigenvalue weighted by molar-refractivity contribution is 6.04. The molecule has 12 heteroatoms. The number of hydrogen-bond acceptors (Lipinski definition) is 7. The SMILES string of the molecule is COc1cc(N2CCN(CCCc3ccc(C4CCC(=O)NC4=O)cc3)CC2)ccc1-c1cc(C2CCCN(C(C)=O)C2)c(F)c2[nH]c(C(=O)N3CCCCC3)cc12. The fourth-order valence-electron chi connectivity index (χ4n) is 9.46. The van der Waals surface area contributed by atoms with Gasteiger partial charge in [-0.05, 0) is 104 Å². The number of halogens is 1. The number of imide groups is 1. The molecule has 4 saturated heterocycles. The highest BCUT2D eigenvalue weighted by atomic mass is 19.1. The fourth-order valence-corrected chi connectivity index (χ4v) is 9.46. The summed E-state index contributed by atoms with van der Waals surface area (Å²) in [6.45, 7) is 8.73. The van der Waals surface area contributed by atoms with Crippen molar-refractivity contribution in [3.63, 3.8) is 0 Å². The smallest absolute Gasteiger partial charge is 0.270 e. The second-order valence-electron chi connectivity index (χ2n) is 16.5. The van der Waals surface area contributed by atoms with Gasteiger partial charge in [0.05, 0.1) is 18.5 Å². The number of fused-ring (bicyclic) bond motifs is 1. The first-order valence-electron chi connectivity index (χ1n) is 21.1. The number of hydrogen-bond donors (Lipinski definition) is 2. The maximum Gasteiger partial charge on any atom is 0.270 e. The Balaban J connectivity index is 0.966. The van der Waals surface area contributed by atoms with Crippen LogP contribution < -0.4 is 15.0 Å². The van der Waals surface area contributed by atoms with Crippen molar-refractivity contribution in [3.8, 4) is 16.9 Å². The summed E-state index contributed by atoms with van der Waals surface area (Å²) >= 11 is 0. The summed E-state index contributed by atoms with van der Waals surface area (Å²) in [5.74, 6) is -0.608. The molecule has 306 valence electrons.